The Kier molecular flexibility index (Phi) is 7.75. The van der Waals surface area contributed by atoms with Crippen LogP contribution in [0.4, 0.5) is 0 Å². The third-order valence-corrected chi connectivity index (χ3v) is 7.15. The SMILES string of the molecule is C=C(C(=O)/C(=C(/c1cc(C)cc(C)c1)c1cccc(-c2cc(C)cc(C)c2)c1)c1ccccc1)c1ccccc1. The molecule has 0 aliphatic heterocycles. The van der Waals surface area contributed by atoms with Crippen LogP contribution in [0.5, 0.6) is 0 Å². The van der Waals surface area contributed by atoms with E-state index in [-0.39, 0.29) is 5.78 Å². The lowest BCUT2D eigenvalue weighted by molar-refractivity contribution is -0.108. The van der Waals surface area contributed by atoms with Crippen LogP contribution in [-0.2, 0) is 4.79 Å². The summed E-state index contributed by atoms with van der Waals surface area (Å²) in [4.78, 5) is 14.5. The van der Waals surface area contributed by atoms with E-state index in [0.717, 1.165) is 44.5 Å². The van der Waals surface area contributed by atoms with Crippen LogP contribution >= 0.6 is 0 Å². The number of Topliss-reactive ketones (excluding diaryl/α,β-unsaturated/α-hetero) is 1. The molecule has 1 heteroatoms. The predicted molar refractivity (Wildman–Crippen MR) is 170 cm³/mol. The van der Waals surface area contributed by atoms with Gasteiger partial charge in [-0.3, -0.25) is 4.79 Å². The molecule has 5 rings (SSSR count). The highest BCUT2D eigenvalue weighted by Gasteiger charge is 2.24. The Bertz CT molecular complexity index is 1700. The Morgan fingerprint density at radius 3 is 1.55 bits per heavy atom. The molecule has 0 N–H and O–H groups in total. The zero-order chi connectivity index (χ0) is 28.2. The van der Waals surface area contributed by atoms with Crippen molar-refractivity contribution >= 4 is 22.5 Å². The second-order valence-electron chi connectivity index (χ2n) is 10.6. The molecule has 0 unspecified atom stereocenters. The van der Waals surface area contributed by atoms with E-state index in [9.17, 15) is 4.79 Å². The number of aryl methyl sites for hydroxylation is 4. The number of rotatable bonds is 7. The highest BCUT2D eigenvalue weighted by molar-refractivity contribution is 6.46. The smallest absolute Gasteiger partial charge is 0.194 e. The first-order valence-electron chi connectivity index (χ1n) is 13.7. The van der Waals surface area contributed by atoms with Crippen LogP contribution in [0.25, 0.3) is 27.8 Å². The Morgan fingerprint density at radius 1 is 0.475 bits per heavy atom. The molecule has 0 aliphatic carbocycles. The molecule has 1 nitrogen and oxygen atoms in total. The van der Waals surface area contributed by atoms with Gasteiger partial charge in [-0.2, -0.15) is 0 Å². The van der Waals surface area contributed by atoms with Gasteiger partial charge < -0.3 is 0 Å². The molecule has 196 valence electrons. The minimum Gasteiger partial charge on any atom is -0.289 e. The van der Waals surface area contributed by atoms with Crippen LogP contribution in [0, 0.1) is 27.7 Å². The summed E-state index contributed by atoms with van der Waals surface area (Å²) in [6.07, 6.45) is 0. The monoisotopic (exact) mass is 518 g/mol. The summed E-state index contributed by atoms with van der Waals surface area (Å²) in [5.41, 5.74) is 12.8. The standard InChI is InChI=1S/C39H34O/c1-26-19-27(2)22-35(21-26)33-17-12-18-34(25-33)37(36-23-28(3)20-29(4)24-36)38(32-15-10-7-11-16-32)39(40)30(5)31-13-8-6-9-14-31/h6-25H,5H2,1-4H3/b38-37+. The van der Waals surface area contributed by atoms with Crippen LogP contribution in [0.15, 0.2) is 128 Å². The van der Waals surface area contributed by atoms with Gasteiger partial charge in [-0.05, 0) is 67.1 Å². The molecule has 0 atom stereocenters. The van der Waals surface area contributed by atoms with Crippen LogP contribution in [0.1, 0.15) is 44.5 Å². The van der Waals surface area contributed by atoms with Crippen molar-refractivity contribution in [2.75, 3.05) is 0 Å². The molecule has 5 aromatic carbocycles. The fourth-order valence-corrected chi connectivity index (χ4v) is 5.49. The van der Waals surface area contributed by atoms with Crippen LogP contribution < -0.4 is 0 Å². The maximum absolute atomic E-state index is 14.5. The second kappa shape index (κ2) is 11.6. The van der Waals surface area contributed by atoms with E-state index >= 15 is 0 Å². The lowest BCUT2D eigenvalue weighted by Gasteiger charge is -2.19. The minimum atomic E-state index is -0.0802. The molecule has 40 heavy (non-hydrogen) atoms. The van der Waals surface area contributed by atoms with Gasteiger partial charge in [-0.25, -0.2) is 0 Å². The van der Waals surface area contributed by atoms with Gasteiger partial charge >= 0.3 is 0 Å². The number of allylic oxidation sites excluding steroid dienone is 2. The van der Waals surface area contributed by atoms with Crippen molar-refractivity contribution in [2.24, 2.45) is 0 Å². The van der Waals surface area contributed by atoms with Crippen LogP contribution in [0.2, 0.25) is 0 Å². The average Bonchev–Trinajstić information content (AvgIpc) is 2.95. The summed E-state index contributed by atoms with van der Waals surface area (Å²) < 4.78 is 0. The Balaban J connectivity index is 1.83. The van der Waals surface area contributed by atoms with Crippen LogP contribution in [0.3, 0.4) is 0 Å². The van der Waals surface area contributed by atoms with Gasteiger partial charge in [0.2, 0.25) is 0 Å². The fourth-order valence-electron chi connectivity index (χ4n) is 5.49. The van der Waals surface area contributed by atoms with Gasteiger partial charge in [0.15, 0.2) is 5.78 Å². The summed E-state index contributed by atoms with van der Waals surface area (Å²) in [5.74, 6) is -0.0802. The van der Waals surface area contributed by atoms with Gasteiger partial charge in [0, 0.05) is 16.7 Å². The molecule has 0 amide bonds. The van der Waals surface area contributed by atoms with E-state index in [0.29, 0.717) is 11.1 Å². The van der Waals surface area contributed by atoms with E-state index in [2.05, 4.69) is 94.9 Å². The normalized spacial score (nSPS) is 11.6. The van der Waals surface area contributed by atoms with E-state index in [1.807, 2.05) is 60.7 Å². The quantitative estimate of drug-likeness (QED) is 0.155. The first kappa shape index (κ1) is 26.8. The van der Waals surface area contributed by atoms with Crippen LogP contribution in [-0.4, -0.2) is 5.78 Å². The summed E-state index contributed by atoms with van der Waals surface area (Å²) in [5, 5.41) is 0. The molecule has 0 fully saturated rings. The third kappa shape index (κ3) is 5.80. The molecule has 0 heterocycles. The maximum atomic E-state index is 14.5. The Labute approximate surface area is 238 Å². The minimum absolute atomic E-state index is 0.0802. The summed E-state index contributed by atoms with van der Waals surface area (Å²) >= 11 is 0. The molecule has 0 bridgehead atoms. The zero-order valence-electron chi connectivity index (χ0n) is 23.7. The van der Waals surface area contributed by atoms with E-state index in [1.165, 1.54) is 16.7 Å². The molecule has 0 saturated carbocycles. The zero-order valence-corrected chi connectivity index (χ0v) is 23.7. The predicted octanol–water partition coefficient (Wildman–Crippen LogP) is 9.83. The Morgan fingerprint density at radius 2 is 0.975 bits per heavy atom. The van der Waals surface area contributed by atoms with E-state index in [1.54, 1.807) is 0 Å². The van der Waals surface area contributed by atoms with Gasteiger partial charge in [-0.15, -0.1) is 0 Å². The summed E-state index contributed by atoms with van der Waals surface area (Å²) in [7, 11) is 0. The van der Waals surface area contributed by atoms with Crippen molar-refractivity contribution in [1.29, 1.82) is 0 Å². The van der Waals surface area contributed by atoms with Crippen molar-refractivity contribution in [3.8, 4) is 11.1 Å². The topological polar surface area (TPSA) is 17.1 Å². The fraction of sp³-hybridized carbons (Fsp3) is 0.103. The lowest BCUT2D eigenvalue weighted by atomic mass is 9.83. The highest BCUT2D eigenvalue weighted by atomic mass is 16.1. The van der Waals surface area contributed by atoms with Gasteiger partial charge in [-0.1, -0.05) is 144 Å². The molecular formula is C39H34O. The first-order chi connectivity index (χ1) is 19.3. The maximum Gasteiger partial charge on any atom is 0.194 e. The highest BCUT2D eigenvalue weighted by Crippen LogP contribution is 2.38. The molecular weight excluding hydrogens is 484 g/mol. The van der Waals surface area contributed by atoms with E-state index in [4.69, 9.17) is 0 Å². The number of ketones is 1. The van der Waals surface area contributed by atoms with Gasteiger partial charge in [0.25, 0.3) is 0 Å². The average molecular weight is 519 g/mol. The molecule has 5 aromatic rings. The van der Waals surface area contributed by atoms with Crippen molar-refractivity contribution < 1.29 is 4.79 Å². The third-order valence-electron chi connectivity index (χ3n) is 7.15. The van der Waals surface area contributed by atoms with Crippen molar-refractivity contribution in [3.05, 3.63) is 172 Å². The molecule has 0 saturated heterocycles. The summed E-state index contributed by atoms with van der Waals surface area (Å²) in [6.45, 7) is 12.7. The lowest BCUT2D eigenvalue weighted by Crippen LogP contribution is -2.08. The number of hydrogen-bond acceptors (Lipinski definition) is 1. The summed E-state index contributed by atoms with van der Waals surface area (Å²) in [6, 6.07) is 41.4. The van der Waals surface area contributed by atoms with Gasteiger partial charge in [0.05, 0.1) is 0 Å². The second-order valence-corrected chi connectivity index (χ2v) is 10.6. The largest absolute Gasteiger partial charge is 0.289 e. The molecule has 0 radical (unpaired) electrons. The molecule has 0 aromatic heterocycles. The number of carbonyl (C=O) groups is 1. The van der Waals surface area contributed by atoms with Crippen molar-refractivity contribution in [1.82, 2.24) is 0 Å². The van der Waals surface area contributed by atoms with E-state index < -0.39 is 0 Å². The van der Waals surface area contributed by atoms with Gasteiger partial charge in [0.1, 0.15) is 0 Å². The number of hydrogen-bond donors (Lipinski definition) is 0. The Hall–Kier alpha value is -4.75. The van der Waals surface area contributed by atoms with Crippen molar-refractivity contribution in [2.45, 2.75) is 27.7 Å². The number of benzene rings is 5. The molecule has 0 spiro atoms. The first-order valence-corrected chi connectivity index (χ1v) is 13.7. The molecule has 0 aliphatic rings. The number of carbonyl (C=O) groups excluding carboxylic acids is 1. The van der Waals surface area contributed by atoms with Crippen molar-refractivity contribution in [3.63, 3.8) is 0 Å².